The molecule has 33 heavy (non-hydrogen) atoms. The number of aromatic nitrogens is 2. The first-order valence-electron chi connectivity index (χ1n) is 10.8. The summed E-state index contributed by atoms with van der Waals surface area (Å²) < 4.78 is 1.82. The fourth-order valence-corrected chi connectivity index (χ4v) is 3.58. The van der Waals surface area contributed by atoms with Gasteiger partial charge in [-0.1, -0.05) is 66.7 Å². The summed E-state index contributed by atoms with van der Waals surface area (Å²) in [5.41, 5.74) is 5.51. The van der Waals surface area contributed by atoms with Crippen LogP contribution in [0.3, 0.4) is 0 Å². The Labute approximate surface area is 193 Å². The van der Waals surface area contributed by atoms with Gasteiger partial charge in [0.25, 0.3) is 5.91 Å². The topological polar surface area (TPSA) is 76.0 Å². The number of anilines is 1. The highest BCUT2D eigenvalue weighted by Gasteiger charge is 2.15. The van der Waals surface area contributed by atoms with Crippen LogP contribution in [0.1, 0.15) is 34.0 Å². The second-order valence-electron chi connectivity index (χ2n) is 7.93. The molecule has 0 saturated heterocycles. The van der Waals surface area contributed by atoms with Crippen molar-refractivity contribution >= 4 is 17.6 Å². The van der Waals surface area contributed by atoms with Gasteiger partial charge in [-0.2, -0.15) is 5.10 Å². The Hall–Kier alpha value is -4.19. The van der Waals surface area contributed by atoms with E-state index in [1.54, 1.807) is 12.1 Å². The van der Waals surface area contributed by atoms with Gasteiger partial charge < -0.3 is 10.6 Å². The van der Waals surface area contributed by atoms with Gasteiger partial charge in [0.1, 0.15) is 5.82 Å². The number of rotatable bonds is 7. The van der Waals surface area contributed by atoms with Crippen molar-refractivity contribution in [3.63, 3.8) is 0 Å². The average Bonchev–Trinajstić information content (AvgIpc) is 3.20. The second-order valence-corrected chi connectivity index (χ2v) is 7.93. The minimum absolute atomic E-state index is 0.0899. The zero-order chi connectivity index (χ0) is 23.2. The van der Waals surface area contributed by atoms with Gasteiger partial charge in [0.05, 0.1) is 12.2 Å². The maximum Gasteiger partial charge on any atom is 0.256 e. The number of benzene rings is 3. The summed E-state index contributed by atoms with van der Waals surface area (Å²) in [7, 11) is 0. The molecule has 4 aromatic rings. The number of hydrogen-bond donors (Lipinski definition) is 2. The summed E-state index contributed by atoms with van der Waals surface area (Å²) in [4.78, 5) is 24.1. The van der Waals surface area contributed by atoms with Crippen molar-refractivity contribution < 1.29 is 9.59 Å². The molecule has 6 heteroatoms. The van der Waals surface area contributed by atoms with Crippen molar-refractivity contribution in [3.05, 3.63) is 107 Å². The summed E-state index contributed by atoms with van der Waals surface area (Å²) in [6.45, 7) is 4.50. The lowest BCUT2D eigenvalue weighted by molar-refractivity contribution is -0.119. The van der Waals surface area contributed by atoms with Crippen LogP contribution in [0.4, 0.5) is 5.82 Å². The maximum atomic E-state index is 13.0. The third kappa shape index (κ3) is 5.54. The monoisotopic (exact) mass is 438 g/mol. The van der Waals surface area contributed by atoms with Crippen molar-refractivity contribution in [2.75, 3.05) is 5.32 Å². The lowest BCUT2D eigenvalue weighted by Crippen LogP contribution is -2.19. The smallest absolute Gasteiger partial charge is 0.256 e. The normalized spacial score (nSPS) is 10.6. The minimum Gasteiger partial charge on any atom is -0.352 e. The Morgan fingerprint density at radius 1 is 0.879 bits per heavy atom. The van der Waals surface area contributed by atoms with Crippen LogP contribution in [-0.4, -0.2) is 21.6 Å². The number of carbonyl (C=O) groups is 2. The van der Waals surface area contributed by atoms with E-state index in [1.165, 1.54) is 6.92 Å². The van der Waals surface area contributed by atoms with Gasteiger partial charge in [-0.3, -0.25) is 9.59 Å². The molecule has 4 rings (SSSR count). The lowest BCUT2D eigenvalue weighted by atomic mass is 10.1. The molecule has 2 amide bonds. The number of amides is 2. The molecule has 0 fully saturated rings. The summed E-state index contributed by atoms with van der Waals surface area (Å²) >= 11 is 0. The fraction of sp³-hybridized carbons (Fsp3) is 0.148. The molecule has 1 aromatic heterocycles. The van der Waals surface area contributed by atoms with Crippen LogP contribution in [0.15, 0.2) is 84.9 Å². The van der Waals surface area contributed by atoms with Gasteiger partial charge in [-0.25, -0.2) is 4.68 Å². The highest BCUT2D eigenvalue weighted by Crippen LogP contribution is 2.26. The molecule has 3 aromatic carbocycles. The van der Waals surface area contributed by atoms with Crippen molar-refractivity contribution in [3.8, 4) is 11.3 Å². The third-order valence-corrected chi connectivity index (χ3v) is 5.38. The molecule has 2 N–H and O–H groups in total. The Balaban J connectivity index is 1.59. The highest BCUT2D eigenvalue weighted by molar-refractivity contribution is 6.04. The lowest BCUT2D eigenvalue weighted by Gasteiger charge is -2.10. The van der Waals surface area contributed by atoms with Gasteiger partial charge in [-0.15, -0.1) is 0 Å². The second kappa shape index (κ2) is 9.96. The van der Waals surface area contributed by atoms with E-state index < -0.39 is 0 Å². The van der Waals surface area contributed by atoms with E-state index in [9.17, 15) is 9.59 Å². The standard InChI is InChI=1S/C27H26N4O2/c1-19-8-6-7-11-24(19)25-16-26(31(30-25)18-22-9-4-3-5-10-22)29-27(33)23-14-12-21(13-15-23)17-28-20(2)32/h3-16H,17-18H2,1-2H3,(H,28,32)(H,29,33). The van der Waals surface area contributed by atoms with Crippen LogP contribution >= 0.6 is 0 Å². The average molecular weight is 439 g/mol. The summed E-state index contributed by atoms with van der Waals surface area (Å²) in [6, 6.07) is 27.2. The summed E-state index contributed by atoms with van der Waals surface area (Å²) in [5.74, 6) is 0.323. The molecular weight excluding hydrogens is 412 g/mol. The van der Waals surface area contributed by atoms with Crippen molar-refractivity contribution in [2.45, 2.75) is 26.9 Å². The van der Waals surface area contributed by atoms with Crippen LogP contribution in [0.25, 0.3) is 11.3 Å². The maximum absolute atomic E-state index is 13.0. The Morgan fingerprint density at radius 3 is 2.27 bits per heavy atom. The number of nitrogens with one attached hydrogen (secondary N) is 2. The Morgan fingerprint density at radius 2 is 1.58 bits per heavy atom. The number of hydrogen-bond acceptors (Lipinski definition) is 3. The predicted molar refractivity (Wildman–Crippen MR) is 130 cm³/mol. The van der Waals surface area contributed by atoms with Gasteiger partial charge >= 0.3 is 0 Å². The van der Waals surface area contributed by atoms with Gasteiger partial charge in [0.2, 0.25) is 5.91 Å². The molecule has 0 aliphatic heterocycles. The molecule has 0 bridgehead atoms. The van der Waals surface area contributed by atoms with Crippen LogP contribution in [-0.2, 0) is 17.9 Å². The SMILES string of the molecule is CC(=O)NCc1ccc(C(=O)Nc2cc(-c3ccccc3C)nn2Cc2ccccc2)cc1. The zero-order valence-corrected chi connectivity index (χ0v) is 18.7. The van der Waals surface area contributed by atoms with Crippen LogP contribution in [0.5, 0.6) is 0 Å². The molecule has 0 spiro atoms. The molecule has 166 valence electrons. The van der Waals surface area contributed by atoms with Gasteiger partial charge in [0.15, 0.2) is 0 Å². The van der Waals surface area contributed by atoms with E-state index in [2.05, 4.69) is 10.6 Å². The van der Waals surface area contributed by atoms with E-state index in [1.807, 2.05) is 84.4 Å². The van der Waals surface area contributed by atoms with E-state index >= 15 is 0 Å². The van der Waals surface area contributed by atoms with E-state index in [0.29, 0.717) is 24.5 Å². The van der Waals surface area contributed by atoms with Crippen LogP contribution in [0.2, 0.25) is 0 Å². The van der Waals surface area contributed by atoms with Crippen LogP contribution < -0.4 is 10.6 Å². The minimum atomic E-state index is -0.216. The van der Waals surface area contributed by atoms with E-state index in [-0.39, 0.29) is 11.8 Å². The number of aryl methyl sites for hydroxylation is 1. The Bertz CT molecular complexity index is 1260. The first-order chi connectivity index (χ1) is 16.0. The van der Waals surface area contributed by atoms with Crippen molar-refractivity contribution in [1.29, 1.82) is 0 Å². The largest absolute Gasteiger partial charge is 0.352 e. The Kier molecular flexibility index (Phi) is 6.64. The van der Waals surface area contributed by atoms with Gasteiger partial charge in [-0.05, 0) is 35.7 Å². The van der Waals surface area contributed by atoms with E-state index in [0.717, 1.165) is 27.9 Å². The zero-order valence-electron chi connectivity index (χ0n) is 18.7. The molecular formula is C27H26N4O2. The first kappa shape index (κ1) is 22.0. The quantitative estimate of drug-likeness (QED) is 0.435. The van der Waals surface area contributed by atoms with Gasteiger partial charge in [0, 0.05) is 30.7 Å². The molecule has 1 heterocycles. The first-order valence-corrected chi connectivity index (χ1v) is 10.8. The number of carbonyl (C=O) groups excluding carboxylic acids is 2. The molecule has 0 aliphatic carbocycles. The van der Waals surface area contributed by atoms with E-state index in [4.69, 9.17) is 5.10 Å². The number of nitrogens with zero attached hydrogens (tertiary/aromatic N) is 2. The third-order valence-electron chi connectivity index (χ3n) is 5.38. The molecule has 6 nitrogen and oxygen atoms in total. The molecule has 0 radical (unpaired) electrons. The molecule has 0 unspecified atom stereocenters. The molecule has 0 saturated carbocycles. The molecule has 0 atom stereocenters. The van der Waals surface area contributed by atoms with Crippen molar-refractivity contribution in [2.24, 2.45) is 0 Å². The van der Waals surface area contributed by atoms with Crippen LogP contribution in [0, 0.1) is 6.92 Å². The fourth-order valence-electron chi connectivity index (χ4n) is 3.58. The predicted octanol–water partition coefficient (Wildman–Crippen LogP) is 4.80. The van der Waals surface area contributed by atoms with Crippen molar-refractivity contribution in [1.82, 2.24) is 15.1 Å². The molecule has 0 aliphatic rings. The summed E-state index contributed by atoms with van der Waals surface area (Å²) in [6.07, 6.45) is 0. The highest BCUT2D eigenvalue weighted by atomic mass is 16.2. The summed E-state index contributed by atoms with van der Waals surface area (Å²) in [5, 5.41) is 10.6.